The van der Waals surface area contributed by atoms with E-state index in [2.05, 4.69) is 61.2 Å². The van der Waals surface area contributed by atoms with Crippen LogP contribution in [-0.4, -0.2) is 42.6 Å². The van der Waals surface area contributed by atoms with Crippen LogP contribution in [0.25, 0.3) is 0 Å². The van der Waals surface area contributed by atoms with Crippen molar-refractivity contribution in [3.05, 3.63) is 23.2 Å². The molecule has 0 bridgehead atoms. The maximum atomic E-state index is 5.56. The molecule has 0 aliphatic rings. The summed E-state index contributed by atoms with van der Waals surface area (Å²) in [5, 5.41) is 6.73. The first-order valence-corrected chi connectivity index (χ1v) is 8.69. The zero-order chi connectivity index (χ0) is 17.4. The van der Waals surface area contributed by atoms with Gasteiger partial charge in [0, 0.05) is 37.3 Å². The Morgan fingerprint density at radius 3 is 2.25 bits per heavy atom. The number of aliphatic imine (C=N–C) groups is 1. The Balaban J connectivity index is 0.00000529. The van der Waals surface area contributed by atoms with Gasteiger partial charge in [0.05, 0.1) is 6.54 Å². The van der Waals surface area contributed by atoms with E-state index in [1.54, 1.807) is 0 Å². The molecule has 0 spiro atoms. The van der Waals surface area contributed by atoms with Crippen LogP contribution in [0.15, 0.2) is 15.5 Å². The van der Waals surface area contributed by atoms with Crippen molar-refractivity contribution < 1.29 is 4.42 Å². The number of hydrogen-bond donors (Lipinski definition) is 2. The third-order valence-corrected chi connectivity index (χ3v) is 3.88. The lowest BCUT2D eigenvalue weighted by atomic mass is 10.2. The van der Waals surface area contributed by atoms with E-state index in [0.29, 0.717) is 18.6 Å². The molecule has 2 N–H and O–H groups in total. The van der Waals surface area contributed by atoms with Crippen LogP contribution in [0, 0.1) is 13.8 Å². The van der Waals surface area contributed by atoms with Gasteiger partial charge in [0.1, 0.15) is 11.5 Å². The SMILES string of the molecule is CCNC(=NCc1cc(C)oc1C)NCCN(C(C)C)C(C)C.I. The highest BCUT2D eigenvalue weighted by Gasteiger charge is 2.12. The Morgan fingerprint density at radius 2 is 1.79 bits per heavy atom. The highest BCUT2D eigenvalue weighted by Crippen LogP contribution is 2.14. The highest BCUT2D eigenvalue weighted by molar-refractivity contribution is 14.0. The molecule has 0 radical (unpaired) electrons. The van der Waals surface area contributed by atoms with Gasteiger partial charge in [-0.2, -0.15) is 0 Å². The zero-order valence-corrected chi connectivity index (χ0v) is 18.6. The Hall–Kier alpha value is -0.760. The average Bonchev–Trinajstić information content (AvgIpc) is 2.77. The fraction of sp³-hybridized carbons (Fsp3) is 0.722. The van der Waals surface area contributed by atoms with Crippen LogP contribution < -0.4 is 10.6 Å². The van der Waals surface area contributed by atoms with Crippen molar-refractivity contribution in [2.45, 2.75) is 67.1 Å². The number of guanidine groups is 1. The molecule has 0 aliphatic carbocycles. The van der Waals surface area contributed by atoms with Crippen LogP contribution in [-0.2, 0) is 6.54 Å². The second kappa shape index (κ2) is 11.7. The zero-order valence-electron chi connectivity index (χ0n) is 16.3. The number of rotatable bonds is 8. The second-order valence-electron chi connectivity index (χ2n) is 6.49. The van der Waals surface area contributed by atoms with Crippen molar-refractivity contribution in [3.8, 4) is 0 Å². The molecule has 0 fully saturated rings. The van der Waals surface area contributed by atoms with E-state index in [9.17, 15) is 0 Å². The fourth-order valence-electron chi connectivity index (χ4n) is 2.76. The van der Waals surface area contributed by atoms with Gasteiger partial charge in [0.15, 0.2) is 5.96 Å². The van der Waals surface area contributed by atoms with Crippen molar-refractivity contribution in [1.82, 2.24) is 15.5 Å². The van der Waals surface area contributed by atoms with Gasteiger partial charge in [-0.1, -0.05) is 0 Å². The van der Waals surface area contributed by atoms with Crippen LogP contribution in [0.4, 0.5) is 0 Å². The summed E-state index contributed by atoms with van der Waals surface area (Å²) in [6.45, 7) is 18.4. The van der Waals surface area contributed by atoms with Crippen molar-refractivity contribution in [3.63, 3.8) is 0 Å². The predicted molar refractivity (Wildman–Crippen MR) is 113 cm³/mol. The van der Waals surface area contributed by atoms with Crippen LogP contribution in [0.1, 0.15) is 51.7 Å². The molecule has 1 rings (SSSR count). The number of aryl methyl sites for hydroxylation is 2. The summed E-state index contributed by atoms with van der Waals surface area (Å²) in [7, 11) is 0. The second-order valence-corrected chi connectivity index (χ2v) is 6.49. The first-order valence-electron chi connectivity index (χ1n) is 8.69. The lowest BCUT2D eigenvalue weighted by Crippen LogP contribution is -2.45. The van der Waals surface area contributed by atoms with Gasteiger partial charge in [0.25, 0.3) is 0 Å². The molecule has 0 amide bonds. The van der Waals surface area contributed by atoms with Crippen LogP contribution in [0.5, 0.6) is 0 Å². The summed E-state index contributed by atoms with van der Waals surface area (Å²) in [6, 6.07) is 3.16. The van der Waals surface area contributed by atoms with E-state index in [-0.39, 0.29) is 24.0 Å². The summed E-state index contributed by atoms with van der Waals surface area (Å²) < 4.78 is 5.56. The monoisotopic (exact) mass is 450 g/mol. The summed E-state index contributed by atoms with van der Waals surface area (Å²) in [4.78, 5) is 7.13. The molecule has 5 nitrogen and oxygen atoms in total. The molecule has 0 aromatic carbocycles. The molecule has 1 aromatic rings. The van der Waals surface area contributed by atoms with Crippen molar-refractivity contribution in [2.75, 3.05) is 19.6 Å². The Bertz CT molecular complexity index is 489. The molecule has 0 atom stereocenters. The highest BCUT2D eigenvalue weighted by atomic mass is 127. The minimum Gasteiger partial charge on any atom is -0.466 e. The molecule has 0 saturated carbocycles. The van der Waals surface area contributed by atoms with E-state index in [4.69, 9.17) is 4.42 Å². The van der Waals surface area contributed by atoms with E-state index in [1.165, 1.54) is 0 Å². The van der Waals surface area contributed by atoms with E-state index in [0.717, 1.165) is 42.7 Å². The lowest BCUT2D eigenvalue weighted by Gasteiger charge is -2.30. The minimum atomic E-state index is 0. The first-order chi connectivity index (χ1) is 10.8. The molecular weight excluding hydrogens is 415 g/mol. The maximum absolute atomic E-state index is 5.56. The van der Waals surface area contributed by atoms with Crippen LogP contribution >= 0.6 is 24.0 Å². The third kappa shape index (κ3) is 7.88. The lowest BCUT2D eigenvalue weighted by molar-refractivity contribution is 0.178. The average molecular weight is 450 g/mol. The molecule has 140 valence electrons. The smallest absolute Gasteiger partial charge is 0.191 e. The fourth-order valence-corrected chi connectivity index (χ4v) is 2.76. The largest absolute Gasteiger partial charge is 0.466 e. The van der Waals surface area contributed by atoms with Crippen molar-refractivity contribution in [2.24, 2.45) is 4.99 Å². The molecule has 6 heteroatoms. The van der Waals surface area contributed by atoms with Gasteiger partial charge < -0.3 is 15.1 Å². The quantitative estimate of drug-likeness (QED) is 0.361. The van der Waals surface area contributed by atoms with Gasteiger partial charge in [-0.15, -0.1) is 24.0 Å². The number of nitrogens with one attached hydrogen (secondary N) is 2. The molecule has 1 heterocycles. The first kappa shape index (κ1) is 23.2. The van der Waals surface area contributed by atoms with E-state index < -0.39 is 0 Å². The van der Waals surface area contributed by atoms with Gasteiger partial charge in [0.2, 0.25) is 0 Å². The number of halogens is 1. The molecule has 0 saturated heterocycles. The van der Waals surface area contributed by atoms with E-state index in [1.807, 2.05) is 13.8 Å². The summed E-state index contributed by atoms with van der Waals surface area (Å²) in [5.74, 6) is 2.75. The molecule has 0 unspecified atom stereocenters. The summed E-state index contributed by atoms with van der Waals surface area (Å²) in [5.41, 5.74) is 1.14. The minimum absolute atomic E-state index is 0. The summed E-state index contributed by atoms with van der Waals surface area (Å²) >= 11 is 0. The Morgan fingerprint density at radius 1 is 1.17 bits per heavy atom. The third-order valence-electron chi connectivity index (χ3n) is 3.88. The van der Waals surface area contributed by atoms with Gasteiger partial charge in [-0.3, -0.25) is 4.90 Å². The standard InChI is InChI=1S/C18H34N4O.HI/c1-8-19-18(20-9-10-22(13(2)3)14(4)5)21-12-17-11-15(6)23-16(17)7;/h11,13-14H,8-10,12H2,1-7H3,(H2,19,20,21);1H. The van der Waals surface area contributed by atoms with Crippen molar-refractivity contribution in [1.29, 1.82) is 0 Å². The Labute approximate surface area is 164 Å². The topological polar surface area (TPSA) is 52.8 Å². The summed E-state index contributed by atoms with van der Waals surface area (Å²) in [6.07, 6.45) is 0. The Kier molecular flexibility index (Phi) is 11.4. The molecule has 1 aromatic heterocycles. The van der Waals surface area contributed by atoms with Gasteiger partial charge in [-0.25, -0.2) is 4.99 Å². The van der Waals surface area contributed by atoms with Crippen LogP contribution in [0.3, 0.4) is 0 Å². The van der Waals surface area contributed by atoms with E-state index >= 15 is 0 Å². The number of furan rings is 1. The molecule has 24 heavy (non-hydrogen) atoms. The normalized spacial score (nSPS) is 12.0. The van der Waals surface area contributed by atoms with Crippen LogP contribution in [0.2, 0.25) is 0 Å². The molecular formula is C18H35IN4O. The van der Waals surface area contributed by atoms with Gasteiger partial charge in [-0.05, 0) is 54.5 Å². The maximum Gasteiger partial charge on any atom is 0.191 e. The number of hydrogen-bond acceptors (Lipinski definition) is 3. The number of nitrogens with zero attached hydrogens (tertiary/aromatic N) is 2. The molecule has 0 aliphatic heterocycles. The predicted octanol–water partition coefficient (Wildman–Crippen LogP) is 3.69. The van der Waals surface area contributed by atoms with Gasteiger partial charge >= 0.3 is 0 Å². The van der Waals surface area contributed by atoms with Crippen molar-refractivity contribution >= 4 is 29.9 Å².